The number of rotatable bonds is 5. The first kappa shape index (κ1) is 13.5. The van der Waals surface area contributed by atoms with Gasteiger partial charge in [0.2, 0.25) is 0 Å². The summed E-state index contributed by atoms with van der Waals surface area (Å²) in [7, 11) is 0. The molecular formula is C17H22O3. The summed E-state index contributed by atoms with van der Waals surface area (Å²) in [6, 6.07) is 7.67. The molecule has 2 aliphatic rings. The molecule has 1 spiro atoms. The third kappa shape index (κ3) is 2.19. The standard InChI is InChI=1S/C17H22O3/c1-12(2)9-20-14-5-3-13(4-6-14)17(15(18)19)10-16(11-17)7-8-16/h3-6,12H,7-11H2,1-2H3,(H,18,19). The van der Waals surface area contributed by atoms with Crippen molar-refractivity contribution in [3.63, 3.8) is 0 Å². The van der Waals surface area contributed by atoms with Gasteiger partial charge in [0.15, 0.2) is 0 Å². The molecule has 20 heavy (non-hydrogen) atoms. The van der Waals surface area contributed by atoms with Crippen LogP contribution in [-0.4, -0.2) is 17.7 Å². The fourth-order valence-electron chi connectivity index (χ4n) is 3.37. The Morgan fingerprint density at radius 3 is 2.30 bits per heavy atom. The molecule has 0 atom stereocenters. The monoisotopic (exact) mass is 274 g/mol. The molecule has 0 amide bonds. The molecule has 0 bridgehead atoms. The number of hydrogen-bond donors (Lipinski definition) is 1. The minimum Gasteiger partial charge on any atom is -0.493 e. The van der Waals surface area contributed by atoms with Gasteiger partial charge in [-0.3, -0.25) is 4.79 Å². The Hall–Kier alpha value is -1.51. The number of aliphatic carboxylic acids is 1. The Balaban J connectivity index is 1.74. The normalized spacial score (nSPS) is 21.6. The van der Waals surface area contributed by atoms with Crippen LogP contribution in [0.2, 0.25) is 0 Å². The summed E-state index contributed by atoms with van der Waals surface area (Å²) in [6.45, 7) is 4.90. The molecular weight excluding hydrogens is 252 g/mol. The Morgan fingerprint density at radius 2 is 1.85 bits per heavy atom. The van der Waals surface area contributed by atoms with Crippen LogP contribution in [-0.2, 0) is 10.2 Å². The van der Waals surface area contributed by atoms with Crippen LogP contribution in [0.3, 0.4) is 0 Å². The Kier molecular flexibility index (Phi) is 3.03. The first-order valence-electron chi connectivity index (χ1n) is 7.43. The maximum absolute atomic E-state index is 11.7. The maximum Gasteiger partial charge on any atom is 0.314 e. The van der Waals surface area contributed by atoms with E-state index in [0.29, 0.717) is 17.9 Å². The topological polar surface area (TPSA) is 46.5 Å². The van der Waals surface area contributed by atoms with E-state index in [1.165, 1.54) is 12.8 Å². The lowest BCUT2D eigenvalue weighted by atomic mass is 9.56. The molecule has 1 aromatic carbocycles. The van der Waals surface area contributed by atoms with E-state index in [4.69, 9.17) is 4.74 Å². The van der Waals surface area contributed by atoms with Crippen molar-refractivity contribution in [1.29, 1.82) is 0 Å². The zero-order valence-corrected chi connectivity index (χ0v) is 12.2. The van der Waals surface area contributed by atoms with Crippen molar-refractivity contribution in [2.75, 3.05) is 6.61 Å². The summed E-state index contributed by atoms with van der Waals surface area (Å²) >= 11 is 0. The molecule has 0 unspecified atom stereocenters. The summed E-state index contributed by atoms with van der Waals surface area (Å²) < 4.78 is 5.65. The van der Waals surface area contributed by atoms with Crippen LogP contribution in [0.15, 0.2) is 24.3 Å². The zero-order chi connectivity index (χ0) is 14.4. The molecule has 2 saturated carbocycles. The second-order valence-corrected chi connectivity index (χ2v) is 6.97. The molecule has 3 nitrogen and oxygen atoms in total. The minimum absolute atomic E-state index is 0.366. The third-order valence-electron chi connectivity index (χ3n) is 4.71. The highest BCUT2D eigenvalue weighted by Gasteiger charge is 2.64. The molecule has 2 fully saturated rings. The highest BCUT2D eigenvalue weighted by Crippen LogP contribution is 2.69. The van der Waals surface area contributed by atoms with E-state index in [1.54, 1.807) is 0 Å². The molecule has 0 aromatic heterocycles. The van der Waals surface area contributed by atoms with Crippen molar-refractivity contribution < 1.29 is 14.6 Å². The Labute approximate surface area is 120 Å². The van der Waals surface area contributed by atoms with Gasteiger partial charge in [0, 0.05) is 0 Å². The smallest absolute Gasteiger partial charge is 0.314 e. The van der Waals surface area contributed by atoms with Crippen molar-refractivity contribution in [3.8, 4) is 5.75 Å². The Bertz CT molecular complexity index is 504. The van der Waals surface area contributed by atoms with Crippen molar-refractivity contribution in [1.82, 2.24) is 0 Å². The predicted molar refractivity (Wildman–Crippen MR) is 77.0 cm³/mol. The van der Waals surface area contributed by atoms with E-state index in [9.17, 15) is 9.90 Å². The fraction of sp³-hybridized carbons (Fsp3) is 0.588. The summed E-state index contributed by atoms with van der Waals surface area (Å²) in [5, 5.41) is 9.61. The Morgan fingerprint density at radius 1 is 1.25 bits per heavy atom. The molecule has 0 aliphatic heterocycles. The summed E-state index contributed by atoms with van der Waals surface area (Å²) in [5.74, 6) is 0.635. The van der Waals surface area contributed by atoms with Crippen molar-refractivity contribution in [3.05, 3.63) is 29.8 Å². The first-order valence-corrected chi connectivity index (χ1v) is 7.43. The number of carboxylic acids is 1. The van der Waals surface area contributed by atoms with Gasteiger partial charge in [-0.2, -0.15) is 0 Å². The van der Waals surface area contributed by atoms with E-state index in [2.05, 4.69) is 13.8 Å². The van der Waals surface area contributed by atoms with Crippen LogP contribution in [0.4, 0.5) is 0 Å². The highest BCUT2D eigenvalue weighted by molar-refractivity contribution is 5.83. The molecule has 3 rings (SSSR count). The number of hydrogen-bond acceptors (Lipinski definition) is 2. The largest absolute Gasteiger partial charge is 0.493 e. The number of carbonyl (C=O) groups is 1. The SMILES string of the molecule is CC(C)COc1ccc(C2(C(=O)O)CC3(CC3)C2)cc1. The lowest BCUT2D eigenvalue weighted by molar-refractivity contribution is -0.150. The van der Waals surface area contributed by atoms with Gasteiger partial charge in [-0.25, -0.2) is 0 Å². The molecule has 2 aliphatic carbocycles. The molecule has 0 saturated heterocycles. The lowest BCUT2D eigenvalue weighted by Crippen LogP contribution is -2.49. The van der Waals surface area contributed by atoms with Gasteiger partial charge >= 0.3 is 5.97 Å². The zero-order valence-electron chi connectivity index (χ0n) is 12.2. The van der Waals surface area contributed by atoms with Crippen molar-refractivity contribution >= 4 is 5.97 Å². The van der Waals surface area contributed by atoms with E-state index in [0.717, 1.165) is 24.2 Å². The second-order valence-electron chi connectivity index (χ2n) is 6.97. The van der Waals surface area contributed by atoms with Crippen LogP contribution >= 0.6 is 0 Å². The van der Waals surface area contributed by atoms with Crippen LogP contribution in [0.5, 0.6) is 5.75 Å². The third-order valence-corrected chi connectivity index (χ3v) is 4.71. The molecule has 0 radical (unpaired) electrons. The van der Waals surface area contributed by atoms with E-state index < -0.39 is 11.4 Å². The number of ether oxygens (including phenoxy) is 1. The van der Waals surface area contributed by atoms with Gasteiger partial charge in [0.05, 0.1) is 12.0 Å². The van der Waals surface area contributed by atoms with E-state index in [1.807, 2.05) is 24.3 Å². The first-order chi connectivity index (χ1) is 9.46. The summed E-state index contributed by atoms with van der Waals surface area (Å²) in [4.78, 5) is 11.7. The highest BCUT2D eigenvalue weighted by atomic mass is 16.5. The number of carboxylic acid groups (broad SMARTS) is 1. The van der Waals surface area contributed by atoms with E-state index in [-0.39, 0.29) is 0 Å². The van der Waals surface area contributed by atoms with Crippen LogP contribution < -0.4 is 4.74 Å². The van der Waals surface area contributed by atoms with Gasteiger partial charge in [-0.05, 0) is 54.7 Å². The van der Waals surface area contributed by atoms with Gasteiger partial charge in [-0.1, -0.05) is 26.0 Å². The second kappa shape index (κ2) is 4.51. The predicted octanol–water partition coefficient (Wildman–Crippen LogP) is 3.62. The number of benzene rings is 1. The van der Waals surface area contributed by atoms with Crippen molar-refractivity contribution in [2.24, 2.45) is 11.3 Å². The van der Waals surface area contributed by atoms with Gasteiger partial charge in [-0.15, -0.1) is 0 Å². The molecule has 1 N–H and O–H groups in total. The van der Waals surface area contributed by atoms with Crippen LogP contribution in [0.25, 0.3) is 0 Å². The quantitative estimate of drug-likeness (QED) is 0.892. The molecule has 1 aromatic rings. The lowest BCUT2D eigenvalue weighted by Gasteiger charge is -2.45. The van der Waals surface area contributed by atoms with Crippen molar-refractivity contribution in [2.45, 2.75) is 44.9 Å². The summed E-state index contributed by atoms with van der Waals surface area (Å²) in [6.07, 6.45) is 4.03. The average molecular weight is 274 g/mol. The maximum atomic E-state index is 11.7. The molecule has 0 heterocycles. The van der Waals surface area contributed by atoms with Gasteiger partial charge in [0.1, 0.15) is 5.75 Å². The van der Waals surface area contributed by atoms with Gasteiger partial charge in [0.25, 0.3) is 0 Å². The summed E-state index contributed by atoms with van der Waals surface area (Å²) in [5.41, 5.74) is 0.651. The fourth-order valence-corrected chi connectivity index (χ4v) is 3.37. The van der Waals surface area contributed by atoms with Gasteiger partial charge < -0.3 is 9.84 Å². The van der Waals surface area contributed by atoms with Crippen LogP contribution in [0, 0.1) is 11.3 Å². The molecule has 108 valence electrons. The minimum atomic E-state index is -0.675. The van der Waals surface area contributed by atoms with Crippen LogP contribution in [0.1, 0.15) is 45.1 Å². The van der Waals surface area contributed by atoms with E-state index >= 15 is 0 Å². The molecule has 3 heteroatoms. The average Bonchev–Trinajstić information content (AvgIpc) is 3.14.